The zero-order valence-electron chi connectivity index (χ0n) is 16.4. The predicted octanol–water partition coefficient (Wildman–Crippen LogP) is 4.60. The Balaban J connectivity index is 1.71. The van der Waals surface area contributed by atoms with Gasteiger partial charge in [-0.1, -0.05) is 11.6 Å². The summed E-state index contributed by atoms with van der Waals surface area (Å²) in [5, 5.41) is 3.92. The maximum Gasteiger partial charge on any atom is 0.375 e. The largest absolute Gasteiger partial charge is 0.493 e. The molecule has 3 rings (SSSR count). The second kappa shape index (κ2) is 8.45. The second-order valence-corrected chi connectivity index (χ2v) is 6.74. The standard InChI is InChI=1S/C21H20ClNO6/c1-11-15-9-13(22)5-7-16(15)29-19(11)21(25)28-12(2)20(24)23-14-6-8-17(26-3)18(10-14)27-4/h5-10,12H,1-4H3,(H,23,24)/t12-/m0/s1. The number of anilines is 1. The van der Waals surface area contributed by atoms with Crippen LogP contribution >= 0.6 is 11.6 Å². The summed E-state index contributed by atoms with van der Waals surface area (Å²) in [6.45, 7) is 3.20. The highest BCUT2D eigenvalue weighted by atomic mass is 35.5. The Hall–Kier alpha value is -3.19. The molecule has 0 saturated carbocycles. The highest BCUT2D eigenvalue weighted by Crippen LogP contribution is 2.30. The van der Waals surface area contributed by atoms with Crippen LogP contribution in [0.15, 0.2) is 40.8 Å². The van der Waals surface area contributed by atoms with Crippen molar-refractivity contribution in [1.29, 1.82) is 0 Å². The molecule has 0 aliphatic heterocycles. The van der Waals surface area contributed by atoms with Gasteiger partial charge in [0.2, 0.25) is 5.76 Å². The number of fused-ring (bicyclic) bond motifs is 1. The van der Waals surface area contributed by atoms with Crippen molar-refractivity contribution in [2.24, 2.45) is 0 Å². The van der Waals surface area contributed by atoms with Crippen LogP contribution in [0.4, 0.5) is 5.69 Å². The van der Waals surface area contributed by atoms with Gasteiger partial charge in [0.25, 0.3) is 5.91 Å². The van der Waals surface area contributed by atoms with E-state index >= 15 is 0 Å². The zero-order chi connectivity index (χ0) is 21.1. The lowest BCUT2D eigenvalue weighted by atomic mass is 10.1. The Morgan fingerprint density at radius 1 is 1.07 bits per heavy atom. The molecule has 2 aromatic carbocycles. The molecule has 1 aromatic heterocycles. The van der Waals surface area contributed by atoms with Crippen molar-refractivity contribution in [3.05, 3.63) is 52.7 Å². The molecule has 0 unspecified atom stereocenters. The topological polar surface area (TPSA) is 87.0 Å². The number of rotatable bonds is 6. The average Bonchev–Trinajstić information content (AvgIpc) is 3.03. The average molecular weight is 418 g/mol. The Morgan fingerprint density at radius 2 is 1.79 bits per heavy atom. The number of esters is 1. The summed E-state index contributed by atoms with van der Waals surface area (Å²) in [6.07, 6.45) is -1.05. The number of ether oxygens (including phenoxy) is 3. The number of hydrogen-bond acceptors (Lipinski definition) is 6. The third kappa shape index (κ3) is 4.30. The van der Waals surface area contributed by atoms with Crippen LogP contribution in [-0.2, 0) is 9.53 Å². The molecule has 0 saturated heterocycles. The molecular formula is C21H20ClNO6. The van der Waals surface area contributed by atoms with E-state index in [0.717, 1.165) is 0 Å². The molecule has 8 heteroatoms. The number of amides is 1. The number of furan rings is 1. The van der Waals surface area contributed by atoms with E-state index < -0.39 is 18.0 Å². The Kier molecular flexibility index (Phi) is 5.98. The fourth-order valence-corrected chi connectivity index (χ4v) is 2.99. The van der Waals surface area contributed by atoms with E-state index in [0.29, 0.717) is 38.7 Å². The Labute approximate surface area is 172 Å². The number of benzene rings is 2. The van der Waals surface area contributed by atoms with Gasteiger partial charge < -0.3 is 23.9 Å². The van der Waals surface area contributed by atoms with Gasteiger partial charge in [0, 0.05) is 27.7 Å². The van der Waals surface area contributed by atoms with E-state index in [1.165, 1.54) is 21.1 Å². The van der Waals surface area contributed by atoms with Crippen molar-refractivity contribution >= 4 is 40.1 Å². The minimum atomic E-state index is -1.05. The predicted molar refractivity (Wildman–Crippen MR) is 109 cm³/mol. The number of hydrogen-bond donors (Lipinski definition) is 1. The molecule has 0 radical (unpaired) electrons. The third-order valence-corrected chi connectivity index (χ3v) is 4.62. The Bertz CT molecular complexity index is 1070. The molecule has 7 nitrogen and oxygen atoms in total. The monoisotopic (exact) mass is 417 g/mol. The highest BCUT2D eigenvalue weighted by Gasteiger charge is 2.24. The second-order valence-electron chi connectivity index (χ2n) is 6.30. The van der Waals surface area contributed by atoms with Crippen LogP contribution in [0.2, 0.25) is 5.02 Å². The van der Waals surface area contributed by atoms with Crippen LogP contribution in [0.1, 0.15) is 23.0 Å². The van der Waals surface area contributed by atoms with Crippen LogP contribution in [0, 0.1) is 6.92 Å². The van der Waals surface area contributed by atoms with E-state index in [2.05, 4.69) is 5.32 Å². The van der Waals surface area contributed by atoms with Gasteiger partial charge in [0.05, 0.1) is 14.2 Å². The summed E-state index contributed by atoms with van der Waals surface area (Å²) in [6, 6.07) is 9.98. The third-order valence-electron chi connectivity index (χ3n) is 4.39. The van der Waals surface area contributed by atoms with Gasteiger partial charge >= 0.3 is 5.97 Å². The first-order valence-corrected chi connectivity index (χ1v) is 9.14. The van der Waals surface area contributed by atoms with Crippen molar-refractivity contribution < 1.29 is 28.2 Å². The fourth-order valence-electron chi connectivity index (χ4n) is 2.81. The molecular weight excluding hydrogens is 398 g/mol. The number of carbonyl (C=O) groups is 2. The van der Waals surface area contributed by atoms with E-state index in [9.17, 15) is 9.59 Å². The fraction of sp³-hybridized carbons (Fsp3) is 0.238. The van der Waals surface area contributed by atoms with Crippen LogP contribution in [-0.4, -0.2) is 32.2 Å². The molecule has 3 aromatic rings. The van der Waals surface area contributed by atoms with Gasteiger partial charge in [-0.3, -0.25) is 4.79 Å². The molecule has 0 fully saturated rings. The zero-order valence-corrected chi connectivity index (χ0v) is 17.1. The summed E-state index contributed by atoms with van der Waals surface area (Å²) in [4.78, 5) is 24.9. The summed E-state index contributed by atoms with van der Waals surface area (Å²) < 4.78 is 21.2. The lowest BCUT2D eigenvalue weighted by Gasteiger charge is -2.14. The lowest BCUT2D eigenvalue weighted by Crippen LogP contribution is -2.30. The molecule has 0 aliphatic carbocycles. The molecule has 1 heterocycles. The molecule has 1 N–H and O–H groups in total. The summed E-state index contributed by atoms with van der Waals surface area (Å²) in [7, 11) is 3.02. The van der Waals surface area contributed by atoms with Gasteiger partial charge in [-0.2, -0.15) is 0 Å². The van der Waals surface area contributed by atoms with Gasteiger partial charge in [0.1, 0.15) is 5.58 Å². The van der Waals surface area contributed by atoms with Crippen LogP contribution in [0.5, 0.6) is 11.5 Å². The van der Waals surface area contributed by atoms with Gasteiger partial charge in [-0.05, 0) is 44.2 Å². The molecule has 0 spiro atoms. The van der Waals surface area contributed by atoms with E-state index in [4.69, 9.17) is 30.2 Å². The van der Waals surface area contributed by atoms with Crippen LogP contribution in [0.25, 0.3) is 11.0 Å². The SMILES string of the molecule is COc1ccc(NC(=O)[C@H](C)OC(=O)c2oc3ccc(Cl)cc3c2C)cc1OC. The molecule has 0 bridgehead atoms. The van der Waals surface area contributed by atoms with Crippen molar-refractivity contribution in [2.75, 3.05) is 19.5 Å². The first-order chi connectivity index (χ1) is 13.8. The minimum Gasteiger partial charge on any atom is -0.493 e. The first-order valence-electron chi connectivity index (χ1n) is 8.76. The number of nitrogens with one attached hydrogen (secondary N) is 1. The molecule has 152 valence electrons. The van der Waals surface area contributed by atoms with Gasteiger partial charge in [-0.15, -0.1) is 0 Å². The van der Waals surface area contributed by atoms with E-state index in [1.54, 1.807) is 43.3 Å². The molecule has 1 atom stereocenters. The number of halogens is 1. The smallest absolute Gasteiger partial charge is 0.375 e. The first kappa shape index (κ1) is 20.5. The normalized spacial score (nSPS) is 11.8. The molecule has 29 heavy (non-hydrogen) atoms. The number of aryl methyl sites for hydroxylation is 1. The van der Waals surface area contributed by atoms with Gasteiger partial charge in [-0.25, -0.2) is 4.79 Å². The maximum atomic E-state index is 12.5. The summed E-state index contributed by atoms with van der Waals surface area (Å²) in [5.74, 6) is -0.197. The highest BCUT2D eigenvalue weighted by molar-refractivity contribution is 6.31. The number of carbonyl (C=O) groups excluding carboxylic acids is 2. The maximum absolute atomic E-state index is 12.5. The minimum absolute atomic E-state index is 0.0352. The van der Waals surface area contributed by atoms with Crippen molar-refractivity contribution in [3.8, 4) is 11.5 Å². The van der Waals surface area contributed by atoms with Crippen molar-refractivity contribution in [1.82, 2.24) is 0 Å². The van der Waals surface area contributed by atoms with Crippen molar-refractivity contribution in [3.63, 3.8) is 0 Å². The Morgan fingerprint density at radius 3 is 2.48 bits per heavy atom. The van der Waals surface area contributed by atoms with Crippen LogP contribution < -0.4 is 14.8 Å². The van der Waals surface area contributed by atoms with E-state index in [1.807, 2.05) is 0 Å². The van der Waals surface area contributed by atoms with Crippen LogP contribution in [0.3, 0.4) is 0 Å². The molecule has 0 aliphatic rings. The summed E-state index contributed by atoms with van der Waals surface area (Å²) >= 11 is 6.00. The summed E-state index contributed by atoms with van der Waals surface area (Å²) in [5.41, 5.74) is 1.59. The van der Waals surface area contributed by atoms with E-state index in [-0.39, 0.29) is 5.76 Å². The molecule has 1 amide bonds. The quantitative estimate of drug-likeness (QED) is 0.590. The lowest BCUT2D eigenvalue weighted by molar-refractivity contribution is -0.123. The van der Waals surface area contributed by atoms with Gasteiger partial charge in [0.15, 0.2) is 17.6 Å². The number of methoxy groups -OCH3 is 2. The van der Waals surface area contributed by atoms with Crippen molar-refractivity contribution in [2.45, 2.75) is 20.0 Å².